The number of aryl methyl sites for hydroxylation is 4. The van der Waals surface area contributed by atoms with Gasteiger partial charge in [0.2, 0.25) is 0 Å². The van der Waals surface area contributed by atoms with E-state index in [1.165, 1.54) is 16.7 Å². The van der Waals surface area contributed by atoms with Gasteiger partial charge in [0, 0.05) is 38.9 Å². The van der Waals surface area contributed by atoms with Gasteiger partial charge in [0.15, 0.2) is 0 Å². The molecule has 0 saturated heterocycles. The van der Waals surface area contributed by atoms with Gasteiger partial charge in [-0.1, -0.05) is 18.2 Å². The predicted octanol–water partition coefficient (Wildman–Crippen LogP) is 4.73. The van der Waals surface area contributed by atoms with E-state index in [9.17, 15) is 4.79 Å². The van der Waals surface area contributed by atoms with E-state index in [1.807, 2.05) is 47.3 Å². The molecular formula is C25H28N4O. The molecule has 0 amide bonds. The average Bonchev–Trinajstić information content (AvgIpc) is 2.92. The fourth-order valence-electron chi connectivity index (χ4n) is 4.33. The van der Waals surface area contributed by atoms with Gasteiger partial charge in [0.25, 0.3) is 0 Å². The van der Waals surface area contributed by atoms with Crippen LogP contribution in [-0.2, 0) is 7.05 Å². The van der Waals surface area contributed by atoms with E-state index < -0.39 is 0 Å². The molecule has 0 N–H and O–H groups in total. The third-order valence-electron chi connectivity index (χ3n) is 5.65. The van der Waals surface area contributed by atoms with Crippen molar-refractivity contribution >= 4 is 27.4 Å². The molecule has 2 aromatic heterocycles. The molecule has 0 radical (unpaired) electrons. The van der Waals surface area contributed by atoms with Crippen LogP contribution in [0.5, 0.6) is 0 Å². The molecule has 154 valence electrons. The first-order chi connectivity index (χ1) is 14.2. The Morgan fingerprint density at radius 3 is 2.47 bits per heavy atom. The number of aromatic nitrogens is 3. The highest BCUT2D eigenvalue weighted by Crippen LogP contribution is 2.31. The van der Waals surface area contributed by atoms with E-state index in [1.54, 1.807) is 9.13 Å². The minimum atomic E-state index is -0.0837. The van der Waals surface area contributed by atoms with Crippen molar-refractivity contribution in [3.05, 3.63) is 75.5 Å². The van der Waals surface area contributed by atoms with Crippen LogP contribution in [0.25, 0.3) is 33.2 Å². The van der Waals surface area contributed by atoms with Gasteiger partial charge in [-0.15, -0.1) is 0 Å². The van der Waals surface area contributed by atoms with Crippen LogP contribution in [0.4, 0.5) is 0 Å². The summed E-state index contributed by atoms with van der Waals surface area (Å²) in [6.07, 6.45) is 3.94. The van der Waals surface area contributed by atoms with Crippen LogP contribution in [0.2, 0.25) is 0 Å². The van der Waals surface area contributed by atoms with E-state index in [0.29, 0.717) is 5.82 Å². The Balaban J connectivity index is 2.15. The predicted molar refractivity (Wildman–Crippen MR) is 125 cm³/mol. The topological polar surface area (TPSA) is 43.1 Å². The number of allylic oxidation sites excluding steroid dienone is 1. The second kappa shape index (κ2) is 7.17. The highest BCUT2D eigenvalue weighted by atomic mass is 16.1. The molecule has 0 unspecified atom stereocenters. The lowest BCUT2D eigenvalue weighted by Gasteiger charge is -2.14. The number of imidazole rings is 1. The Labute approximate surface area is 176 Å². The lowest BCUT2D eigenvalue weighted by Crippen LogP contribution is -2.22. The molecule has 0 aliphatic heterocycles. The SMILES string of the molecule is C/C(=C\N(C)C)c1cc2c(ccc3c2n(-c2ncc(C)cc2C)c(=O)n3C)cc1C. The number of benzene rings is 2. The summed E-state index contributed by atoms with van der Waals surface area (Å²) in [6, 6.07) is 10.6. The quantitative estimate of drug-likeness (QED) is 0.500. The zero-order chi connectivity index (χ0) is 21.7. The van der Waals surface area contributed by atoms with Gasteiger partial charge >= 0.3 is 5.69 Å². The Kier molecular flexibility index (Phi) is 4.77. The molecule has 0 atom stereocenters. The first-order valence-corrected chi connectivity index (χ1v) is 10.1. The van der Waals surface area contributed by atoms with E-state index in [0.717, 1.165) is 32.9 Å². The summed E-state index contributed by atoms with van der Waals surface area (Å²) in [5.74, 6) is 0.686. The van der Waals surface area contributed by atoms with E-state index in [2.05, 4.69) is 54.2 Å². The lowest BCUT2D eigenvalue weighted by molar-refractivity contribution is 0.565. The van der Waals surface area contributed by atoms with Gasteiger partial charge < -0.3 is 4.90 Å². The van der Waals surface area contributed by atoms with Crippen LogP contribution in [-0.4, -0.2) is 33.1 Å². The fourth-order valence-corrected chi connectivity index (χ4v) is 4.33. The van der Waals surface area contributed by atoms with Crippen LogP contribution >= 0.6 is 0 Å². The number of hydrogen-bond donors (Lipinski definition) is 0. The van der Waals surface area contributed by atoms with Gasteiger partial charge in [0.1, 0.15) is 5.82 Å². The summed E-state index contributed by atoms with van der Waals surface area (Å²) in [7, 11) is 5.88. The average molecular weight is 401 g/mol. The van der Waals surface area contributed by atoms with Crippen molar-refractivity contribution in [1.29, 1.82) is 0 Å². The smallest absolute Gasteiger partial charge is 0.334 e. The van der Waals surface area contributed by atoms with Gasteiger partial charge in [-0.3, -0.25) is 4.57 Å². The second-order valence-electron chi connectivity index (χ2n) is 8.43. The molecule has 0 bridgehead atoms. The summed E-state index contributed by atoms with van der Waals surface area (Å²) >= 11 is 0. The van der Waals surface area contributed by atoms with Crippen molar-refractivity contribution in [3.8, 4) is 5.82 Å². The van der Waals surface area contributed by atoms with Gasteiger partial charge in [-0.2, -0.15) is 0 Å². The Bertz CT molecular complexity index is 1390. The summed E-state index contributed by atoms with van der Waals surface area (Å²) in [5.41, 5.74) is 7.36. The van der Waals surface area contributed by atoms with Gasteiger partial charge in [-0.05, 0) is 73.0 Å². The van der Waals surface area contributed by atoms with Crippen LogP contribution in [0.3, 0.4) is 0 Å². The lowest BCUT2D eigenvalue weighted by atomic mass is 9.96. The molecule has 0 spiro atoms. The molecule has 4 rings (SSSR count). The third kappa shape index (κ3) is 3.11. The van der Waals surface area contributed by atoms with Crippen molar-refractivity contribution in [1.82, 2.24) is 19.0 Å². The van der Waals surface area contributed by atoms with Crippen LogP contribution in [0.15, 0.2) is 47.5 Å². The van der Waals surface area contributed by atoms with Crippen molar-refractivity contribution in [2.24, 2.45) is 7.05 Å². The number of rotatable bonds is 3. The van der Waals surface area contributed by atoms with Gasteiger partial charge in [-0.25, -0.2) is 14.3 Å². The maximum atomic E-state index is 13.3. The van der Waals surface area contributed by atoms with Crippen molar-refractivity contribution in [2.75, 3.05) is 14.1 Å². The second-order valence-corrected chi connectivity index (χ2v) is 8.43. The third-order valence-corrected chi connectivity index (χ3v) is 5.65. The maximum absolute atomic E-state index is 13.3. The van der Waals surface area contributed by atoms with Crippen LogP contribution in [0, 0.1) is 20.8 Å². The number of nitrogens with zero attached hydrogens (tertiary/aromatic N) is 4. The zero-order valence-corrected chi connectivity index (χ0v) is 18.7. The Morgan fingerprint density at radius 2 is 1.80 bits per heavy atom. The normalized spacial score (nSPS) is 12.2. The molecule has 4 aromatic rings. The largest absolute Gasteiger partial charge is 0.383 e. The number of pyridine rings is 1. The van der Waals surface area contributed by atoms with Crippen molar-refractivity contribution in [2.45, 2.75) is 27.7 Å². The molecule has 0 aliphatic carbocycles. The van der Waals surface area contributed by atoms with Crippen LogP contribution < -0.4 is 5.69 Å². The number of fused-ring (bicyclic) bond motifs is 3. The molecule has 5 heteroatoms. The van der Waals surface area contributed by atoms with Crippen LogP contribution in [0.1, 0.15) is 29.2 Å². The molecule has 0 aliphatic rings. The highest BCUT2D eigenvalue weighted by molar-refractivity contribution is 6.06. The summed E-state index contributed by atoms with van der Waals surface area (Å²) in [5, 5.41) is 2.17. The first kappa shape index (κ1) is 20.0. The molecule has 0 saturated carbocycles. The summed E-state index contributed by atoms with van der Waals surface area (Å²) < 4.78 is 3.47. The monoisotopic (exact) mass is 400 g/mol. The molecule has 0 fully saturated rings. The molecule has 30 heavy (non-hydrogen) atoms. The first-order valence-electron chi connectivity index (χ1n) is 10.1. The molecular weight excluding hydrogens is 372 g/mol. The van der Waals surface area contributed by atoms with Crippen molar-refractivity contribution in [3.63, 3.8) is 0 Å². The summed E-state index contributed by atoms with van der Waals surface area (Å²) in [6.45, 7) is 8.28. The van der Waals surface area contributed by atoms with E-state index in [4.69, 9.17) is 0 Å². The molecule has 2 aromatic carbocycles. The maximum Gasteiger partial charge on any atom is 0.334 e. The zero-order valence-electron chi connectivity index (χ0n) is 18.7. The molecule has 5 nitrogen and oxygen atoms in total. The van der Waals surface area contributed by atoms with Crippen molar-refractivity contribution < 1.29 is 0 Å². The highest BCUT2D eigenvalue weighted by Gasteiger charge is 2.18. The Morgan fingerprint density at radius 1 is 1.07 bits per heavy atom. The Hall–Kier alpha value is -3.34. The fraction of sp³-hybridized carbons (Fsp3) is 0.280. The molecule has 2 heterocycles. The minimum absolute atomic E-state index is 0.0837. The standard InChI is InChI=1S/C25H28N4O/c1-15-10-17(3)24(26-13-15)29-23-21-12-20(18(4)14-27(5)6)16(2)11-19(21)8-9-22(23)28(7)25(29)30/h8-14H,1-7H3/b18-14+. The summed E-state index contributed by atoms with van der Waals surface area (Å²) in [4.78, 5) is 19.9. The van der Waals surface area contributed by atoms with E-state index >= 15 is 0 Å². The van der Waals surface area contributed by atoms with Gasteiger partial charge in [0.05, 0.1) is 11.0 Å². The number of hydrogen-bond acceptors (Lipinski definition) is 3. The van der Waals surface area contributed by atoms with E-state index in [-0.39, 0.29) is 5.69 Å². The minimum Gasteiger partial charge on any atom is -0.383 e.